The summed E-state index contributed by atoms with van der Waals surface area (Å²) in [6, 6.07) is 14.2. The molecule has 1 aromatic carbocycles. The van der Waals surface area contributed by atoms with E-state index in [-0.39, 0.29) is 6.10 Å². The smallest absolute Gasteiger partial charge is 0.240 e. The summed E-state index contributed by atoms with van der Waals surface area (Å²) in [5, 5.41) is 1.68. The third kappa shape index (κ3) is 3.78. The van der Waals surface area contributed by atoms with Crippen LogP contribution < -0.4 is 9.64 Å². The first-order chi connectivity index (χ1) is 14.8. The molecule has 30 heavy (non-hydrogen) atoms. The molecule has 0 N–H and O–H groups in total. The molecule has 0 aliphatic carbocycles. The standard InChI is InChI=1S/C23H20ClN5O/c24-19-15-25-10-7-18(19)22-23(27-12-11-26-22)30-17-8-13-29(14-9-17)21-6-5-16-3-1-2-4-20(16)28-21/h1-7,10-12,15,17H,8-9,13-14H2. The largest absolute Gasteiger partial charge is 0.473 e. The zero-order valence-electron chi connectivity index (χ0n) is 16.3. The summed E-state index contributed by atoms with van der Waals surface area (Å²) in [5.41, 5.74) is 2.43. The monoisotopic (exact) mass is 417 g/mol. The molecule has 7 heteroatoms. The van der Waals surface area contributed by atoms with E-state index in [1.54, 1.807) is 24.8 Å². The second-order valence-corrected chi connectivity index (χ2v) is 7.64. The van der Waals surface area contributed by atoms with Crippen LogP contribution in [0.1, 0.15) is 12.8 Å². The zero-order chi connectivity index (χ0) is 20.3. The van der Waals surface area contributed by atoms with Crippen LogP contribution in [0.15, 0.2) is 67.3 Å². The van der Waals surface area contributed by atoms with Gasteiger partial charge in [-0.25, -0.2) is 15.0 Å². The van der Waals surface area contributed by atoms with Crippen LogP contribution in [-0.4, -0.2) is 39.1 Å². The van der Waals surface area contributed by atoms with E-state index in [0.717, 1.165) is 48.2 Å². The number of pyridine rings is 2. The van der Waals surface area contributed by atoms with E-state index in [1.807, 2.05) is 18.2 Å². The summed E-state index contributed by atoms with van der Waals surface area (Å²) in [4.78, 5) is 20.0. The lowest BCUT2D eigenvalue weighted by molar-refractivity contribution is 0.164. The fraction of sp³-hybridized carbons (Fsp3) is 0.217. The van der Waals surface area contributed by atoms with E-state index in [1.165, 1.54) is 0 Å². The van der Waals surface area contributed by atoms with Crippen LogP contribution in [0, 0.1) is 0 Å². The minimum atomic E-state index is 0.0674. The molecule has 0 spiro atoms. The van der Waals surface area contributed by atoms with Crippen LogP contribution >= 0.6 is 11.6 Å². The molecule has 0 amide bonds. The lowest BCUT2D eigenvalue weighted by atomic mass is 10.1. The van der Waals surface area contributed by atoms with Crippen LogP contribution in [0.4, 0.5) is 5.82 Å². The Kier molecular flexibility index (Phi) is 5.15. The molecular weight excluding hydrogens is 398 g/mol. The van der Waals surface area contributed by atoms with Gasteiger partial charge in [0, 0.05) is 61.7 Å². The van der Waals surface area contributed by atoms with Crippen LogP contribution in [-0.2, 0) is 0 Å². The van der Waals surface area contributed by atoms with Gasteiger partial charge in [-0.15, -0.1) is 0 Å². The van der Waals surface area contributed by atoms with Crippen molar-refractivity contribution in [2.75, 3.05) is 18.0 Å². The number of aromatic nitrogens is 4. The lowest BCUT2D eigenvalue weighted by Gasteiger charge is -2.33. The molecule has 0 bridgehead atoms. The normalized spacial score (nSPS) is 14.8. The number of rotatable bonds is 4. The van der Waals surface area contributed by atoms with Crippen molar-refractivity contribution in [1.82, 2.24) is 19.9 Å². The zero-order valence-corrected chi connectivity index (χ0v) is 17.0. The van der Waals surface area contributed by atoms with E-state index in [2.05, 4.69) is 44.1 Å². The summed E-state index contributed by atoms with van der Waals surface area (Å²) in [6.45, 7) is 1.75. The van der Waals surface area contributed by atoms with Gasteiger partial charge in [-0.05, 0) is 24.3 Å². The molecule has 0 atom stereocenters. The molecule has 0 unspecified atom stereocenters. The molecule has 1 aliphatic heterocycles. The van der Waals surface area contributed by atoms with Crippen molar-refractivity contribution in [3.8, 4) is 17.1 Å². The molecule has 4 aromatic rings. The molecule has 1 fully saturated rings. The van der Waals surface area contributed by atoms with Crippen LogP contribution in [0.5, 0.6) is 5.88 Å². The number of hydrogen-bond donors (Lipinski definition) is 0. The molecule has 5 rings (SSSR count). The van der Waals surface area contributed by atoms with E-state index in [9.17, 15) is 0 Å². The summed E-state index contributed by atoms with van der Waals surface area (Å²) >= 11 is 6.30. The Hall–Kier alpha value is -3.25. The van der Waals surface area contributed by atoms with Gasteiger partial charge in [0.15, 0.2) is 0 Å². The molecule has 6 nitrogen and oxygen atoms in total. The van der Waals surface area contributed by atoms with E-state index in [0.29, 0.717) is 16.6 Å². The summed E-state index contributed by atoms with van der Waals surface area (Å²) < 4.78 is 6.25. The summed E-state index contributed by atoms with van der Waals surface area (Å²) in [6.07, 6.45) is 8.41. The van der Waals surface area contributed by atoms with Gasteiger partial charge in [0.25, 0.3) is 0 Å². The molecule has 1 aliphatic rings. The Bertz CT molecular complexity index is 1180. The number of para-hydroxylation sites is 1. The number of anilines is 1. The quantitative estimate of drug-likeness (QED) is 0.475. The fourth-order valence-electron chi connectivity index (χ4n) is 3.76. The number of hydrogen-bond acceptors (Lipinski definition) is 6. The molecule has 4 heterocycles. The Morgan fingerprint density at radius 3 is 2.63 bits per heavy atom. The van der Waals surface area contributed by atoms with Crippen molar-refractivity contribution >= 4 is 28.3 Å². The Morgan fingerprint density at radius 2 is 1.77 bits per heavy atom. The topological polar surface area (TPSA) is 64.0 Å². The maximum absolute atomic E-state index is 6.30. The third-order valence-corrected chi connectivity index (χ3v) is 5.62. The number of halogens is 1. The van der Waals surface area contributed by atoms with Gasteiger partial charge >= 0.3 is 0 Å². The third-order valence-electron chi connectivity index (χ3n) is 5.32. The first-order valence-electron chi connectivity index (χ1n) is 9.96. The van der Waals surface area contributed by atoms with E-state index < -0.39 is 0 Å². The van der Waals surface area contributed by atoms with Crippen molar-refractivity contribution < 1.29 is 4.74 Å². The van der Waals surface area contributed by atoms with Crippen molar-refractivity contribution in [1.29, 1.82) is 0 Å². The van der Waals surface area contributed by atoms with Crippen LogP contribution in [0.2, 0.25) is 5.02 Å². The number of nitrogens with zero attached hydrogens (tertiary/aromatic N) is 5. The molecule has 3 aromatic heterocycles. The van der Waals surface area contributed by atoms with Crippen molar-refractivity contribution in [3.05, 3.63) is 72.3 Å². The second kappa shape index (κ2) is 8.24. The second-order valence-electron chi connectivity index (χ2n) is 7.23. The van der Waals surface area contributed by atoms with E-state index in [4.69, 9.17) is 21.3 Å². The minimum Gasteiger partial charge on any atom is -0.473 e. The predicted molar refractivity (Wildman–Crippen MR) is 118 cm³/mol. The molecule has 0 saturated carbocycles. The average molecular weight is 418 g/mol. The minimum absolute atomic E-state index is 0.0674. The van der Waals surface area contributed by atoms with Crippen LogP contribution in [0.3, 0.4) is 0 Å². The van der Waals surface area contributed by atoms with Gasteiger partial charge < -0.3 is 9.64 Å². The number of fused-ring (bicyclic) bond motifs is 1. The maximum Gasteiger partial charge on any atom is 0.240 e. The average Bonchev–Trinajstić information content (AvgIpc) is 2.80. The van der Waals surface area contributed by atoms with Crippen molar-refractivity contribution in [2.45, 2.75) is 18.9 Å². The van der Waals surface area contributed by atoms with Gasteiger partial charge in [0.1, 0.15) is 17.6 Å². The molecule has 150 valence electrons. The molecule has 1 saturated heterocycles. The van der Waals surface area contributed by atoms with Gasteiger partial charge in [0.2, 0.25) is 5.88 Å². The first-order valence-corrected chi connectivity index (χ1v) is 10.3. The Labute approximate surface area is 179 Å². The first kappa shape index (κ1) is 18.8. The van der Waals surface area contributed by atoms with Crippen molar-refractivity contribution in [3.63, 3.8) is 0 Å². The molecular formula is C23H20ClN5O. The van der Waals surface area contributed by atoms with E-state index >= 15 is 0 Å². The van der Waals surface area contributed by atoms with Crippen LogP contribution in [0.25, 0.3) is 22.2 Å². The van der Waals surface area contributed by atoms with Gasteiger partial charge in [-0.1, -0.05) is 29.8 Å². The maximum atomic E-state index is 6.30. The number of benzene rings is 1. The predicted octanol–water partition coefficient (Wildman–Crippen LogP) is 4.79. The van der Waals surface area contributed by atoms with Gasteiger partial charge in [-0.2, -0.15) is 0 Å². The number of piperidine rings is 1. The lowest BCUT2D eigenvalue weighted by Crippen LogP contribution is -2.38. The fourth-order valence-corrected chi connectivity index (χ4v) is 3.96. The number of ether oxygens (including phenoxy) is 1. The Balaban J connectivity index is 1.29. The SMILES string of the molecule is Clc1cnccc1-c1nccnc1OC1CCN(c2ccc3ccccc3n2)CC1. The highest BCUT2D eigenvalue weighted by molar-refractivity contribution is 6.33. The Morgan fingerprint density at radius 1 is 0.933 bits per heavy atom. The highest BCUT2D eigenvalue weighted by atomic mass is 35.5. The molecule has 0 radical (unpaired) electrons. The highest BCUT2D eigenvalue weighted by Gasteiger charge is 2.24. The summed E-state index contributed by atoms with van der Waals surface area (Å²) in [5.74, 6) is 1.52. The van der Waals surface area contributed by atoms with Gasteiger partial charge in [0.05, 0.1) is 10.5 Å². The highest BCUT2D eigenvalue weighted by Crippen LogP contribution is 2.32. The van der Waals surface area contributed by atoms with Crippen molar-refractivity contribution in [2.24, 2.45) is 0 Å². The van der Waals surface area contributed by atoms with Gasteiger partial charge in [-0.3, -0.25) is 4.98 Å². The summed E-state index contributed by atoms with van der Waals surface area (Å²) in [7, 11) is 0.